The van der Waals surface area contributed by atoms with Gasteiger partial charge in [0.15, 0.2) is 6.10 Å². The Morgan fingerprint density at radius 3 is 0.718 bits per heavy atom. The minimum absolute atomic E-state index is 0.0589. The van der Waals surface area contributed by atoms with Crippen LogP contribution in [0.2, 0.25) is 0 Å². The maximum atomic E-state index is 12.8. The number of carbonyl (C=O) groups is 2. The number of hydrogen-bond acceptors (Lipinski definition) is 8. The zero-order valence-corrected chi connectivity index (χ0v) is 58.3. The lowest BCUT2D eigenvalue weighted by Crippen LogP contribution is -2.29. The van der Waals surface area contributed by atoms with Crippen molar-refractivity contribution in [3.05, 3.63) is 0 Å². The van der Waals surface area contributed by atoms with Gasteiger partial charge in [-0.2, -0.15) is 0 Å². The number of rotatable bonds is 75. The number of phosphoric ester groups is 1. The summed E-state index contributed by atoms with van der Waals surface area (Å²) in [6, 6.07) is 0. The molecular weight excluding hydrogens is 1070 g/mol. The summed E-state index contributed by atoms with van der Waals surface area (Å²) in [5.74, 6) is -0.796. The first-order valence-electron chi connectivity index (χ1n) is 38.5. The third kappa shape index (κ3) is 72.0. The molecule has 0 amide bonds. The third-order valence-electron chi connectivity index (χ3n) is 18.0. The first-order valence-corrected chi connectivity index (χ1v) is 40.0. The Morgan fingerprint density at radius 1 is 0.306 bits per heavy atom. The van der Waals surface area contributed by atoms with Crippen LogP contribution in [-0.4, -0.2) is 49.3 Å². The van der Waals surface area contributed by atoms with Crippen molar-refractivity contribution in [2.45, 2.75) is 444 Å². The van der Waals surface area contributed by atoms with Gasteiger partial charge in [-0.3, -0.25) is 18.6 Å². The highest BCUT2D eigenvalue weighted by atomic mass is 31.2. The topological polar surface area (TPSA) is 134 Å². The van der Waals surface area contributed by atoms with Crippen LogP contribution >= 0.6 is 7.82 Å². The second-order valence-electron chi connectivity index (χ2n) is 26.6. The number of carbonyl (C=O) groups excluding carboxylic acids is 2. The van der Waals surface area contributed by atoms with E-state index in [1.54, 1.807) is 0 Å². The van der Waals surface area contributed by atoms with Crippen molar-refractivity contribution in [3.63, 3.8) is 0 Å². The van der Waals surface area contributed by atoms with Crippen LogP contribution in [0.25, 0.3) is 0 Å². The molecule has 508 valence electrons. The molecule has 85 heavy (non-hydrogen) atoms. The molecule has 2 atom stereocenters. The number of ether oxygens (including phenoxy) is 2. The fraction of sp³-hybridized carbons (Fsp3) is 0.973. The monoisotopic (exact) mass is 1220 g/mol. The van der Waals surface area contributed by atoms with Gasteiger partial charge in [-0.15, -0.1) is 0 Å². The van der Waals surface area contributed by atoms with E-state index in [1.807, 2.05) is 0 Å². The lowest BCUT2D eigenvalue weighted by atomic mass is 10.0. The third-order valence-corrected chi connectivity index (χ3v) is 19.0. The molecule has 0 rings (SSSR count). The number of esters is 2. The van der Waals surface area contributed by atoms with E-state index < -0.39 is 26.5 Å². The van der Waals surface area contributed by atoms with Gasteiger partial charge in [0.1, 0.15) is 6.61 Å². The molecular formula is C75H150NO8P. The molecule has 0 fully saturated rings. The van der Waals surface area contributed by atoms with Gasteiger partial charge in [-0.25, -0.2) is 4.57 Å². The zero-order chi connectivity index (χ0) is 61.6. The van der Waals surface area contributed by atoms with Gasteiger partial charge in [0.25, 0.3) is 0 Å². The summed E-state index contributed by atoms with van der Waals surface area (Å²) in [7, 11) is -4.39. The minimum atomic E-state index is -4.39. The van der Waals surface area contributed by atoms with Crippen LogP contribution in [0, 0.1) is 0 Å². The first-order chi connectivity index (χ1) is 41.8. The fourth-order valence-electron chi connectivity index (χ4n) is 12.3. The molecule has 0 aliphatic carbocycles. The Hall–Kier alpha value is -0.990. The van der Waals surface area contributed by atoms with Gasteiger partial charge in [0.2, 0.25) is 0 Å². The van der Waals surface area contributed by atoms with E-state index in [4.69, 9.17) is 24.3 Å². The van der Waals surface area contributed by atoms with Crippen molar-refractivity contribution >= 4 is 19.8 Å². The largest absolute Gasteiger partial charge is 0.472 e. The SMILES string of the molecule is CCCCCCCCCCCCCCCCCCCCCCCCCCCCCCCCCCCCCCCCCCCC(=O)OC(COC(=O)CCCCCCCCCCCCCCCCCCCCCCCCC)COP(=O)(O)OCCN. The molecule has 0 spiro atoms. The molecule has 0 saturated carbocycles. The van der Waals surface area contributed by atoms with Crippen LogP contribution in [0.3, 0.4) is 0 Å². The Kier molecular flexibility index (Phi) is 71.2. The molecule has 0 aliphatic rings. The zero-order valence-electron chi connectivity index (χ0n) is 57.4. The van der Waals surface area contributed by atoms with Crippen LogP contribution in [0.15, 0.2) is 0 Å². The van der Waals surface area contributed by atoms with Crippen LogP contribution in [0.1, 0.15) is 438 Å². The van der Waals surface area contributed by atoms with Crippen molar-refractivity contribution in [1.82, 2.24) is 0 Å². The van der Waals surface area contributed by atoms with E-state index >= 15 is 0 Å². The molecule has 3 N–H and O–H groups in total. The van der Waals surface area contributed by atoms with Gasteiger partial charge in [-0.1, -0.05) is 412 Å². The Morgan fingerprint density at radius 2 is 0.506 bits per heavy atom. The van der Waals surface area contributed by atoms with Crippen molar-refractivity contribution < 1.29 is 37.6 Å². The molecule has 2 unspecified atom stereocenters. The molecule has 0 heterocycles. The Labute approximate surface area is 530 Å². The molecule has 0 aromatic heterocycles. The summed E-state index contributed by atoms with van der Waals surface area (Å²) in [6.07, 6.45) is 86.8. The van der Waals surface area contributed by atoms with Crippen molar-refractivity contribution in [2.24, 2.45) is 5.73 Å². The van der Waals surface area contributed by atoms with Gasteiger partial charge >= 0.3 is 19.8 Å². The van der Waals surface area contributed by atoms with Crippen LogP contribution in [-0.2, 0) is 32.7 Å². The number of hydrogen-bond donors (Lipinski definition) is 2. The average molecular weight is 1220 g/mol. The minimum Gasteiger partial charge on any atom is -0.462 e. The molecule has 9 nitrogen and oxygen atoms in total. The normalized spacial score (nSPS) is 12.8. The first kappa shape index (κ1) is 84.0. The second-order valence-corrected chi connectivity index (χ2v) is 28.1. The van der Waals surface area contributed by atoms with E-state index in [0.717, 1.165) is 32.1 Å². The lowest BCUT2D eigenvalue weighted by molar-refractivity contribution is -0.161. The summed E-state index contributed by atoms with van der Waals surface area (Å²) < 4.78 is 33.2. The average Bonchev–Trinajstić information content (AvgIpc) is 3.52. The van der Waals surface area contributed by atoms with Crippen molar-refractivity contribution in [3.8, 4) is 0 Å². The van der Waals surface area contributed by atoms with Crippen LogP contribution in [0.5, 0.6) is 0 Å². The molecule has 10 heteroatoms. The summed E-state index contributed by atoms with van der Waals surface area (Å²) in [6.45, 7) is 3.85. The highest BCUT2D eigenvalue weighted by molar-refractivity contribution is 7.47. The lowest BCUT2D eigenvalue weighted by Gasteiger charge is -2.19. The Balaban J connectivity index is 3.70. The summed E-state index contributed by atoms with van der Waals surface area (Å²) in [4.78, 5) is 35.4. The standard InChI is InChI=1S/C75H150NO8P/c1-3-5-7-9-11-13-15-17-19-21-23-25-27-28-29-30-31-32-33-34-35-36-37-38-39-40-41-42-43-44-46-48-50-52-54-56-58-60-62-64-66-68-75(78)84-73(72-83-85(79,80)82-70-69-76)71-81-74(77)67-65-63-61-59-57-55-53-51-49-47-45-26-24-22-20-18-16-14-12-10-8-6-4-2/h73H,3-72,76H2,1-2H3,(H,79,80). The van der Waals surface area contributed by atoms with E-state index in [0.29, 0.717) is 12.8 Å². The predicted molar refractivity (Wildman–Crippen MR) is 368 cm³/mol. The fourth-order valence-corrected chi connectivity index (χ4v) is 13.1. The quantitative estimate of drug-likeness (QED) is 0.0347. The van der Waals surface area contributed by atoms with Gasteiger partial charge in [0, 0.05) is 19.4 Å². The molecule has 0 aromatic rings. The summed E-state index contributed by atoms with van der Waals surface area (Å²) in [5, 5.41) is 0. The van der Waals surface area contributed by atoms with Gasteiger partial charge < -0.3 is 20.1 Å². The highest BCUT2D eigenvalue weighted by Gasteiger charge is 2.26. The molecule has 0 radical (unpaired) electrons. The van der Waals surface area contributed by atoms with Crippen molar-refractivity contribution in [1.29, 1.82) is 0 Å². The van der Waals surface area contributed by atoms with Crippen molar-refractivity contribution in [2.75, 3.05) is 26.4 Å². The predicted octanol–water partition coefficient (Wildman–Crippen LogP) is 25.3. The number of unbranched alkanes of at least 4 members (excludes halogenated alkanes) is 62. The van der Waals surface area contributed by atoms with E-state index in [9.17, 15) is 19.0 Å². The van der Waals surface area contributed by atoms with E-state index in [2.05, 4.69) is 13.8 Å². The Bertz CT molecular complexity index is 1350. The number of phosphoric acid groups is 1. The molecule has 0 aliphatic heterocycles. The van der Waals surface area contributed by atoms with Crippen LogP contribution < -0.4 is 5.73 Å². The molecule has 0 saturated heterocycles. The highest BCUT2D eigenvalue weighted by Crippen LogP contribution is 2.43. The summed E-state index contributed by atoms with van der Waals surface area (Å²) in [5.41, 5.74) is 5.41. The van der Waals surface area contributed by atoms with Crippen LogP contribution in [0.4, 0.5) is 0 Å². The second kappa shape index (κ2) is 72.1. The smallest absolute Gasteiger partial charge is 0.462 e. The maximum Gasteiger partial charge on any atom is 0.472 e. The van der Waals surface area contributed by atoms with E-state index in [-0.39, 0.29) is 32.1 Å². The number of nitrogens with two attached hydrogens (primary N) is 1. The maximum absolute atomic E-state index is 12.8. The van der Waals surface area contributed by atoms with Gasteiger partial charge in [0.05, 0.1) is 13.2 Å². The molecule has 0 bridgehead atoms. The molecule has 0 aromatic carbocycles. The van der Waals surface area contributed by atoms with E-state index in [1.165, 1.54) is 372 Å². The van der Waals surface area contributed by atoms with Gasteiger partial charge in [-0.05, 0) is 12.8 Å². The summed E-state index contributed by atoms with van der Waals surface area (Å²) >= 11 is 0.